The highest BCUT2D eigenvalue weighted by Gasteiger charge is 2.28. The first-order valence-electron chi connectivity index (χ1n) is 9.53. The van der Waals surface area contributed by atoms with Crippen molar-refractivity contribution >= 4 is 39.8 Å². The summed E-state index contributed by atoms with van der Waals surface area (Å²) >= 11 is 7.13. The molecule has 30 heavy (non-hydrogen) atoms. The topological polar surface area (TPSA) is 82.4 Å². The van der Waals surface area contributed by atoms with Gasteiger partial charge in [-0.2, -0.15) is 5.26 Å². The van der Waals surface area contributed by atoms with Crippen molar-refractivity contribution in [2.45, 2.75) is 32.2 Å². The van der Waals surface area contributed by atoms with Crippen LogP contribution in [0.25, 0.3) is 0 Å². The Bertz CT molecular complexity index is 982. The summed E-state index contributed by atoms with van der Waals surface area (Å²) in [5, 5.41) is 12.2. The molecule has 0 bridgehead atoms. The van der Waals surface area contributed by atoms with Crippen LogP contribution in [0.2, 0.25) is 5.02 Å². The first-order valence-corrected chi connectivity index (χ1v) is 10.7. The normalized spacial score (nSPS) is 14.2. The highest BCUT2D eigenvalue weighted by Crippen LogP contribution is 2.30. The van der Waals surface area contributed by atoms with E-state index in [1.165, 1.54) is 17.4 Å². The van der Waals surface area contributed by atoms with Gasteiger partial charge in [0.15, 0.2) is 0 Å². The molecule has 0 saturated carbocycles. The van der Waals surface area contributed by atoms with Crippen molar-refractivity contribution in [1.82, 2.24) is 4.90 Å². The summed E-state index contributed by atoms with van der Waals surface area (Å²) in [5.41, 5.74) is 0.884. The van der Waals surface area contributed by atoms with Crippen LogP contribution in [0, 0.1) is 24.1 Å². The minimum absolute atomic E-state index is 0.0132. The maximum absolute atomic E-state index is 13.2. The van der Waals surface area contributed by atoms with E-state index in [4.69, 9.17) is 21.6 Å². The second kappa shape index (κ2) is 10.0. The van der Waals surface area contributed by atoms with E-state index >= 15 is 0 Å². The van der Waals surface area contributed by atoms with Crippen LogP contribution in [-0.2, 0) is 4.74 Å². The lowest BCUT2D eigenvalue weighted by molar-refractivity contribution is 0.0298. The summed E-state index contributed by atoms with van der Waals surface area (Å²) < 4.78 is 18.6. The molecule has 0 aliphatic carbocycles. The number of aryl methyl sites for hydroxylation is 1. The van der Waals surface area contributed by atoms with Gasteiger partial charge in [0.2, 0.25) is 0 Å². The quantitative estimate of drug-likeness (QED) is 0.696. The number of hydrogen-bond acceptors (Lipinski definition) is 5. The number of amides is 2. The fourth-order valence-corrected chi connectivity index (χ4v) is 4.63. The summed E-state index contributed by atoms with van der Waals surface area (Å²) in [6, 6.07) is 7.40. The van der Waals surface area contributed by atoms with Gasteiger partial charge in [0.25, 0.3) is 11.8 Å². The van der Waals surface area contributed by atoms with E-state index in [2.05, 4.69) is 11.4 Å². The van der Waals surface area contributed by atoms with E-state index in [9.17, 15) is 14.0 Å². The van der Waals surface area contributed by atoms with Crippen LogP contribution in [0.1, 0.15) is 44.9 Å². The van der Waals surface area contributed by atoms with Crippen molar-refractivity contribution in [1.29, 1.82) is 5.26 Å². The molecule has 1 saturated heterocycles. The third-order valence-corrected chi connectivity index (χ3v) is 6.33. The Labute approximate surface area is 183 Å². The number of nitrogens with zero attached hydrogens (tertiary/aromatic N) is 2. The minimum atomic E-state index is -0.526. The van der Waals surface area contributed by atoms with Crippen molar-refractivity contribution in [3.05, 3.63) is 51.1 Å². The lowest BCUT2D eigenvalue weighted by Gasteiger charge is -2.33. The number of nitriles is 1. The Hall–Kier alpha value is -2.47. The molecule has 0 atom stereocenters. The molecule has 1 fully saturated rings. The van der Waals surface area contributed by atoms with Crippen LogP contribution < -0.4 is 5.32 Å². The smallest absolute Gasteiger partial charge is 0.264 e. The predicted molar refractivity (Wildman–Crippen MR) is 114 cm³/mol. The maximum Gasteiger partial charge on any atom is 0.264 e. The summed E-state index contributed by atoms with van der Waals surface area (Å²) in [5.74, 6) is -1.16. The van der Waals surface area contributed by atoms with Gasteiger partial charge in [0.05, 0.1) is 33.0 Å². The SMILES string of the molecule is Cc1cc(NC(=O)c2ccc(F)cc2Cl)sc1C(=O)N(CCC#N)C1CCOCC1. The molecule has 1 aliphatic rings. The number of halogens is 2. The van der Waals surface area contributed by atoms with Crippen LogP contribution >= 0.6 is 22.9 Å². The molecule has 6 nitrogen and oxygen atoms in total. The largest absolute Gasteiger partial charge is 0.381 e. The zero-order chi connectivity index (χ0) is 21.7. The maximum atomic E-state index is 13.2. The highest BCUT2D eigenvalue weighted by atomic mass is 35.5. The Balaban J connectivity index is 1.78. The van der Waals surface area contributed by atoms with E-state index in [0.717, 1.165) is 30.5 Å². The molecule has 0 unspecified atom stereocenters. The molecular weight excluding hydrogens is 429 g/mol. The van der Waals surface area contributed by atoms with Gasteiger partial charge in [-0.05, 0) is 49.6 Å². The van der Waals surface area contributed by atoms with Crippen molar-refractivity contribution < 1.29 is 18.7 Å². The summed E-state index contributed by atoms with van der Waals surface area (Å²) in [4.78, 5) is 28.0. The van der Waals surface area contributed by atoms with Crippen LogP contribution in [0.3, 0.4) is 0 Å². The number of hydrogen-bond donors (Lipinski definition) is 1. The molecule has 3 rings (SSSR count). The zero-order valence-electron chi connectivity index (χ0n) is 16.4. The molecule has 1 aliphatic heterocycles. The zero-order valence-corrected chi connectivity index (χ0v) is 18.0. The second-order valence-corrected chi connectivity index (χ2v) is 8.41. The van der Waals surface area contributed by atoms with Crippen LogP contribution in [0.4, 0.5) is 9.39 Å². The molecule has 1 aromatic heterocycles. The highest BCUT2D eigenvalue weighted by molar-refractivity contribution is 7.18. The molecule has 1 aromatic carbocycles. The average Bonchev–Trinajstić information content (AvgIpc) is 3.08. The van der Waals surface area contributed by atoms with Crippen LogP contribution in [0.15, 0.2) is 24.3 Å². The van der Waals surface area contributed by atoms with Gasteiger partial charge in [-0.3, -0.25) is 9.59 Å². The molecule has 0 radical (unpaired) electrons. The lowest BCUT2D eigenvalue weighted by atomic mass is 10.1. The third kappa shape index (κ3) is 5.17. The summed E-state index contributed by atoms with van der Waals surface area (Å²) in [6.07, 6.45) is 1.71. The number of carbonyl (C=O) groups is 2. The number of thiophene rings is 1. The van der Waals surface area contributed by atoms with Gasteiger partial charge in [-0.25, -0.2) is 4.39 Å². The van der Waals surface area contributed by atoms with Gasteiger partial charge >= 0.3 is 0 Å². The molecule has 9 heteroatoms. The van der Waals surface area contributed by atoms with E-state index < -0.39 is 11.7 Å². The standard InChI is InChI=1S/C21H21ClFN3O3S/c1-13-11-18(25-20(27)16-4-3-14(23)12-17(16)22)30-19(13)21(28)26(8-2-7-24)15-5-9-29-10-6-15/h3-4,11-12,15H,2,5-6,8-10H2,1H3,(H,25,27). The Morgan fingerprint density at radius 2 is 2.10 bits per heavy atom. The fraction of sp³-hybridized carbons (Fsp3) is 0.381. The molecular formula is C21H21ClFN3O3S. The first kappa shape index (κ1) is 22.2. The van der Waals surface area contributed by atoms with Gasteiger partial charge < -0.3 is 15.0 Å². The number of nitrogens with one attached hydrogen (secondary N) is 1. The fourth-order valence-electron chi connectivity index (χ4n) is 3.36. The van der Waals surface area contributed by atoms with Crippen LogP contribution in [0.5, 0.6) is 0 Å². The Kier molecular flexibility index (Phi) is 7.43. The Morgan fingerprint density at radius 1 is 1.37 bits per heavy atom. The van der Waals surface area contributed by atoms with Gasteiger partial charge in [-0.1, -0.05) is 11.6 Å². The predicted octanol–water partition coefficient (Wildman–Crippen LogP) is 4.64. The summed E-state index contributed by atoms with van der Waals surface area (Å²) in [7, 11) is 0. The molecule has 0 spiro atoms. The molecule has 2 aromatic rings. The second-order valence-electron chi connectivity index (χ2n) is 6.95. The Morgan fingerprint density at radius 3 is 2.77 bits per heavy atom. The number of anilines is 1. The monoisotopic (exact) mass is 449 g/mol. The molecule has 158 valence electrons. The van der Waals surface area contributed by atoms with Gasteiger partial charge in [0.1, 0.15) is 5.82 Å². The van der Waals surface area contributed by atoms with E-state index in [-0.39, 0.29) is 29.0 Å². The van der Waals surface area contributed by atoms with E-state index in [0.29, 0.717) is 29.6 Å². The third-order valence-electron chi connectivity index (χ3n) is 4.88. The average molecular weight is 450 g/mol. The summed E-state index contributed by atoms with van der Waals surface area (Å²) in [6.45, 7) is 3.33. The number of benzene rings is 1. The van der Waals surface area contributed by atoms with Crippen molar-refractivity contribution in [3.63, 3.8) is 0 Å². The molecule has 2 amide bonds. The molecule has 2 heterocycles. The number of rotatable bonds is 6. The van der Waals surface area contributed by atoms with Crippen molar-refractivity contribution in [2.24, 2.45) is 0 Å². The van der Waals surface area contributed by atoms with E-state index in [1.54, 1.807) is 17.9 Å². The number of carbonyl (C=O) groups excluding carboxylic acids is 2. The number of ether oxygens (including phenoxy) is 1. The lowest BCUT2D eigenvalue weighted by Crippen LogP contribution is -2.43. The van der Waals surface area contributed by atoms with Crippen molar-refractivity contribution in [3.8, 4) is 6.07 Å². The van der Waals surface area contributed by atoms with Gasteiger partial charge in [-0.15, -0.1) is 11.3 Å². The first-order chi connectivity index (χ1) is 14.4. The minimum Gasteiger partial charge on any atom is -0.381 e. The van der Waals surface area contributed by atoms with Crippen molar-refractivity contribution in [2.75, 3.05) is 25.1 Å². The van der Waals surface area contributed by atoms with E-state index in [1.807, 2.05) is 0 Å². The molecule has 1 N–H and O–H groups in total. The van der Waals surface area contributed by atoms with Crippen LogP contribution in [-0.4, -0.2) is 42.5 Å². The van der Waals surface area contributed by atoms with Gasteiger partial charge in [0, 0.05) is 25.8 Å².